The van der Waals surface area contributed by atoms with Crippen molar-refractivity contribution in [1.82, 2.24) is 9.78 Å². The fourth-order valence-electron chi connectivity index (χ4n) is 1.64. The molecule has 1 N–H and O–H groups in total. The molecule has 0 unspecified atom stereocenters. The van der Waals surface area contributed by atoms with Crippen LogP contribution in [0.1, 0.15) is 21.6 Å². The highest BCUT2D eigenvalue weighted by Gasteiger charge is 2.14. The van der Waals surface area contributed by atoms with Gasteiger partial charge in [0.2, 0.25) is 0 Å². The molecule has 2 aromatic rings. The van der Waals surface area contributed by atoms with E-state index in [1.165, 1.54) is 29.1 Å². The first-order valence-corrected chi connectivity index (χ1v) is 5.56. The van der Waals surface area contributed by atoms with Gasteiger partial charge in [-0.15, -0.1) is 0 Å². The van der Waals surface area contributed by atoms with E-state index in [1.54, 1.807) is 6.92 Å². The molecule has 94 valence electrons. The summed E-state index contributed by atoms with van der Waals surface area (Å²) in [5, 5.41) is 13.2. The Morgan fingerprint density at radius 2 is 2.28 bits per heavy atom. The molecule has 0 saturated carbocycles. The van der Waals surface area contributed by atoms with Gasteiger partial charge in [-0.25, -0.2) is 9.18 Å². The van der Waals surface area contributed by atoms with Crippen LogP contribution in [0.25, 0.3) is 0 Å². The number of hydrogen-bond donors (Lipinski definition) is 1. The first-order chi connectivity index (χ1) is 8.49. The molecule has 0 spiro atoms. The van der Waals surface area contributed by atoms with Crippen LogP contribution in [0.2, 0.25) is 5.02 Å². The fraction of sp³-hybridized carbons (Fsp3) is 0.167. The van der Waals surface area contributed by atoms with Crippen LogP contribution in [0.4, 0.5) is 4.39 Å². The van der Waals surface area contributed by atoms with E-state index in [0.717, 1.165) is 0 Å². The molecule has 0 radical (unpaired) electrons. The zero-order chi connectivity index (χ0) is 13.3. The minimum Gasteiger partial charge on any atom is -0.478 e. The van der Waals surface area contributed by atoms with Crippen molar-refractivity contribution in [3.63, 3.8) is 0 Å². The molecular formula is C12H10ClFN2O2. The third-order valence-electron chi connectivity index (χ3n) is 2.66. The standard InChI is InChI=1S/C12H10ClFN2O2/c1-7-10(12(17)18)5-15-16(7)6-8-4-9(13)2-3-11(8)14/h2-5H,6H2,1H3,(H,17,18). The number of benzene rings is 1. The van der Waals surface area contributed by atoms with Gasteiger partial charge in [0.15, 0.2) is 0 Å². The van der Waals surface area contributed by atoms with Crippen LogP contribution in [0.5, 0.6) is 0 Å². The second kappa shape index (κ2) is 4.78. The molecule has 1 aromatic carbocycles. The van der Waals surface area contributed by atoms with E-state index in [1.807, 2.05) is 0 Å². The van der Waals surface area contributed by atoms with E-state index < -0.39 is 11.8 Å². The van der Waals surface area contributed by atoms with E-state index in [-0.39, 0.29) is 12.1 Å². The average molecular weight is 269 g/mol. The third-order valence-corrected chi connectivity index (χ3v) is 2.90. The Bertz CT molecular complexity index is 610. The molecular weight excluding hydrogens is 259 g/mol. The Balaban J connectivity index is 2.34. The lowest BCUT2D eigenvalue weighted by atomic mass is 10.2. The van der Waals surface area contributed by atoms with Crippen molar-refractivity contribution in [3.05, 3.63) is 52.1 Å². The van der Waals surface area contributed by atoms with Crippen molar-refractivity contribution < 1.29 is 14.3 Å². The van der Waals surface area contributed by atoms with Crippen molar-refractivity contribution in [3.8, 4) is 0 Å². The van der Waals surface area contributed by atoms with E-state index in [9.17, 15) is 9.18 Å². The Kier molecular flexibility index (Phi) is 3.34. The summed E-state index contributed by atoms with van der Waals surface area (Å²) in [5.74, 6) is -1.45. The van der Waals surface area contributed by atoms with Gasteiger partial charge in [0.25, 0.3) is 0 Å². The number of carbonyl (C=O) groups is 1. The molecule has 0 aliphatic heterocycles. The highest BCUT2D eigenvalue weighted by molar-refractivity contribution is 6.30. The maximum absolute atomic E-state index is 13.5. The lowest BCUT2D eigenvalue weighted by Crippen LogP contribution is -2.07. The number of carboxylic acid groups (broad SMARTS) is 1. The molecule has 0 saturated heterocycles. The minimum atomic E-state index is -1.05. The zero-order valence-electron chi connectivity index (χ0n) is 9.52. The normalized spacial score (nSPS) is 10.6. The van der Waals surface area contributed by atoms with Gasteiger partial charge in [0.05, 0.1) is 18.4 Å². The van der Waals surface area contributed by atoms with Gasteiger partial charge < -0.3 is 5.11 Å². The molecule has 0 aliphatic rings. The predicted octanol–water partition coefficient (Wildman–Crippen LogP) is 2.73. The van der Waals surface area contributed by atoms with Crippen molar-refractivity contribution in [1.29, 1.82) is 0 Å². The van der Waals surface area contributed by atoms with E-state index in [4.69, 9.17) is 16.7 Å². The van der Waals surface area contributed by atoms with Gasteiger partial charge in [-0.3, -0.25) is 4.68 Å². The molecule has 4 nitrogen and oxygen atoms in total. The number of nitrogens with zero attached hydrogens (tertiary/aromatic N) is 2. The van der Waals surface area contributed by atoms with Gasteiger partial charge in [0.1, 0.15) is 11.4 Å². The summed E-state index contributed by atoms with van der Waals surface area (Å²) in [6, 6.07) is 4.23. The predicted molar refractivity (Wildman–Crippen MR) is 64.4 cm³/mol. The Morgan fingerprint density at radius 3 is 2.89 bits per heavy atom. The van der Waals surface area contributed by atoms with Crippen LogP contribution < -0.4 is 0 Å². The summed E-state index contributed by atoms with van der Waals surface area (Å²) >= 11 is 5.79. The van der Waals surface area contributed by atoms with Crippen molar-refractivity contribution in [2.75, 3.05) is 0 Å². The summed E-state index contributed by atoms with van der Waals surface area (Å²) in [7, 11) is 0. The van der Waals surface area contributed by atoms with Gasteiger partial charge in [0, 0.05) is 10.6 Å². The Hall–Kier alpha value is -1.88. The summed E-state index contributed by atoms with van der Waals surface area (Å²) in [4.78, 5) is 10.9. The lowest BCUT2D eigenvalue weighted by Gasteiger charge is -2.06. The number of hydrogen-bond acceptors (Lipinski definition) is 2. The SMILES string of the molecule is Cc1c(C(=O)O)cnn1Cc1cc(Cl)ccc1F. The maximum Gasteiger partial charge on any atom is 0.339 e. The third kappa shape index (κ3) is 2.36. The Labute approximate surface area is 108 Å². The number of carboxylic acids is 1. The second-order valence-electron chi connectivity index (χ2n) is 3.84. The number of aromatic nitrogens is 2. The first kappa shape index (κ1) is 12.6. The number of rotatable bonds is 3. The molecule has 1 aromatic heterocycles. The number of halogens is 2. The number of aromatic carboxylic acids is 1. The quantitative estimate of drug-likeness (QED) is 0.931. The molecule has 0 aliphatic carbocycles. The Morgan fingerprint density at radius 1 is 1.56 bits per heavy atom. The molecule has 0 atom stereocenters. The van der Waals surface area contributed by atoms with E-state index in [0.29, 0.717) is 16.3 Å². The van der Waals surface area contributed by atoms with Gasteiger partial charge in [-0.05, 0) is 25.1 Å². The van der Waals surface area contributed by atoms with Crippen LogP contribution in [-0.4, -0.2) is 20.9 Å². The minimum absolute atomic E-state index is 0.109. The zero-order valence-corrected chi connectivity index (χ0v) is 10.3. The van der Waals surface area contributed by atoms with Gasteiger partial charge in [-0.2, -0.15) is 5.10 Å². The molecule has 18 heavy (non-hydrogen) atoms. The van der Waals surface area contributed by atoms with E-state index in [2.05, 4.69) is 5.10 Å². The largest absolute Gasteiger partial charge is 0.478 e. The highest BCUT2D eigenvalue weighted by atomic mass is 35.5. The molecule has 6 heteroatoms. The average Bonchev–Trinajstić information content (AvgIpc) is 2.66. The lowest BCUT2D eigenvalue weighted by molar-refractivity contribution is 0.0696. The summed E-state index contributed by atoms with van der Waals surface area (Å²) in [5.41, 5.74) is 0.949. The van der Waals surface area contributed by atoms with Crippen LogP contribution in [-0.2, 0) is 6.54 Å². The molecule has 0 amide bonds. The van der Waals surface area contributed by atoms with E-state index >= 15 is 0 Å². The topological polar surface area (TPSA) is 55.1 Å². The summed E-state index contributed by atoms with van der Waals surface area (Å²) in [6.07, 6.45) is 1.25. The maximum atomic E-state index is 13.5. The van der Waals surface area contributed by atoms with Gasteiger partial charge >= 0.3 is 5.97 Å². The van der Waals surface area contributed by atoms with Crippen molar-refractivity contribution >= 4 is 17.6 Å². The molecule has 1 heterocycles. The van der Waals surface area contributed by atoms with Crippen LogP contribution >= 0.6 is 11.6 Å². The van der Waals surface area contributed by atoms with Crippen LogP contribution in [0.15, 0.2) is 24.4 Å². The smallest absolute Gasteiger partial charge is 0.339 e. The monoisotopic (exact) mass is 268 g/mol. The fourth-order valence-corrected chi connectivity index (χ4v) is 1.84. The first-order valence-electron chi connectivity index (χ1n) is 5.18. The van der Waals surface area contributed by atoms with Gasteiger partial charge in [-0.1, -0.05) is 11.6 Å². The van der Waals surface area contributed by atoms with Crippen LogP contribution in [0, 0.1) is 12.7 Å². The molecule has 2 rings (SSSR count). The summed E-state index contributed by atoms with van der Waals surface area (Å²) < 4.78 is 15.0. The van der Waals surface area contributed by atoms with Crippen molar-refractivity contribution in [2.24, 2.45) is 0 Å². The molecule has 0 bridgehead atoms. The van der Waals surface area contributed by atoms with Crippen molar-refractivity contribution in [2.45, 2.75) is 13.5 Å². The van der Waals surface area contributed by atoms with Crippen LogP contribution in [0.3, 0.4) is 0 Å². The highest BCUT2D eigenvalue weighted by Crippen LogP contribution is 2.17. The molecule has 0 fully saturated rings. The second-order valence-corrected chi connectivity index (χ2v) is 4.28. The summed E-state index contributed by atoms with van der Waals surface area (Å²) in [6.45, 7) is 1.77.